The maximum absolute atomic E-state index is 11.7. The minimum absolute atomic E-state index is 0. The molecule has 0 amide bonds. The maximum atomic E-state index is 11.7. The molecule has 4 saturated carbocycles. The van der Waals surface area contributed by atoms with Crippen LogP contribution >= 0.6 is 0 Å². The number of aliphatic hydroxyl groups is 4. The van der Waals surface area contributed by atoms with Crippen molar-refractivity contribution in [2.45, 2.75) is 103 Å². The molecule has 0 aromatic carbocycles. The smallest absolute Gasteiger partial charge is 0.726 e. The molecule has 214 valence electrons. The molecule has 0 aromatic rings. The molecule has 4 fully saturated rings. The first kappa shape index (κ1) is 33.0. The summed E-state index contributed by atoms with van der Waals surface area (Å²) in [6.45, 7) is 10.2. The summed E-state index contributed by atoms with van der Waals surface area (Å²) < 4.78 is 37.4. The second-order valence-corrected chi connectivity index (χ2v) is 14.6. The summed E-state index contributed by atoms with van der Waals surface area (Å²) in [7, 11) is -4.75. The standard InChI is InChI=1S/C28H48O8S.Na/c1-16(2)18(15-36-37(33,34)35)7-6-17(3)22-13-23(30)25-20-12-24(31)28(32)14-19(29)8-11-27(28,5)21(20)9-10-26(22,25)4;/h6-7,16-25,29-32H,8-15H2,1-5H3,(H,33,34,35);/q;+1/p-1/b7-6+;/t17?,18?,19?,20-,21+,22-,23+,24-,25-,26-,27-,28+;/m1./s1. The van der Waals surface area contributed by atoms with E-state index in [0.717, 1.165) is 12.8 Å². The van der Waals surface area contributed by atoms with E-state index in [-0.39, 0.29) is 89.4 Å². The number of allylic oxidation sites excluding steroid dienone is 1. The van der Waals surface area contributed by atoms with Crippen molar-refractivity contribution in [3.63, 3.8) is 0 Å². The van der Waals surface area contributed by atoms with Gasteiger partial charge >= 0.3 is 29.6 Å². The van der Waals surface area contributed by atoms with Crippen LogP contribution in [0, 0.1) is 52.3 Å². The second kappa shape index (κ2) is 11.6. The summed E-state index contributed by atoms with van der Waals surface area (Å²) >= 11 is 0. The van der Waals surface area contributed by atoms with Gasteiger partial charge in [0, 0.05) is 17.8 Å². The first-order valence-corrected chi connectivity index (χ1v) is 15.4. The maximum Gasteiger partial charge on any atom is 1.00 e. The quantitative estimate of drug-likeness (QED) is 0.146. The van der Waals surface area contributed by atoms with Crippen LogP contribution in [0.15, 0.2) is 12.2 Å². The fraction of sp³-hybridized carbons (Fsp3) is 0.929. The third-order valence-electron chi connectivity index (χ3n) is 11.4. The van der Waals surface area contributed by atoms with Crippen LogP contribution in [0.25, 0.3) is 0 Å². The number of hydrogen-bond donors (Lipinski definition) is 4. The van der Waals surface area contributed by atoms with Gasteiger partial charge in [-0.2, -0.15) is 0 Å². The Morgan fingerprint density at radius 1 is 1.05 bits per heavy atom. The summed E-state index contributed by atoms with van der Waals surface area (Å²) in [6, 6.07) is 0. The second-order valence-electron chi connectivity index (χ2n) is 13.6. The molecule has 12 atom stereocenters. The van der Waals surface area contributed by atoms with Gasteiger partial charge in [0.15, 0.2) is 0 Å². The van der Waals surface area contributed by atoms with Gasteiger partial charge in [-0.05, 0) is 79.4 Å². The van der Waals surface area contributed by atoms with Crippen molar-refractivity contribution < 1.29 is 67.1 Å². The van der Waals surface area contributed by atoms with Crippen LogP contribution in [0.5, 0.6) is 0 Å². The molecule has 38 heavy (non-hydrogen) atoms. The Balaban J connectivity index is 0.00000400. The monoisotopic (exact) mass is 566 g/mol. The zero-order chi connectivity index (χ0) is 27.6. The minimum Gasteiger partial charge on any atom is -0.726 e. The Bertz CT molecular complexity index is 974. The van der Waals surface area contributed by atoms with E-state index in [9.17, 15) is 33.4 Å². The molecule has 0 saturated heterocycles. The van der Waals surface area contributed by atoms with Crippen LogP contribution in [0.1, 0.15) is 79.6 Å². The summed E-state index contributed by atoms with van der Waals surface area (Å²) in [4.78, 5) is 0. The first-order chi connectivity index (χ1) is 17.0. The van der Waals surface area contributed by atoms with Crippen molar-refractivity contribution in [2.75, 3.05) is 6.61 Å². The molecule has 10 heteroatoms. The van der Waals surface area contributed by atoms with Crippen molar-refractivity contribution in [2.24, 2.45) is 52.3 Å². The molecule has 0 spiro atoms. The van der Waals surface area contributed by atoms with Crippen LogP contribution in [0.4, 0.5) is 0 Å². The SMILES string of the molecule is CC(C)C(/C=C/C(C)[C@H]1C[C@H](O)[C@H]2[C@@H]3C[C@@H](O)[C@@]4(O)CC(O)CC[C@]4(C)[C@H]3CC[C@@]21C)COS(=O)(=O)[O-].[Na+]. The van der Waals surface area contributed by atoms with E-state index < -0.39 is 39.7 Å². The fourth-order valence-corrected chi connectivity index (χ4v) is 9.60. The summed E-state index contributed by atoms with van der Waals surface area (Å²) in [6.07, 6.45) is 6.45. The zero-order valence-electron chi connectivity index (χ0n) is 23.9. The fourth-order valence-electron chi connectivity index (χ4n) is 9.27. The Kier molecular flexibility index (Phi) is 10.1. The summed E-state index contributed by atoms with van der Waals surface area (Å²) in [5, 5.41) is 44.6. The minimum atomic E-state index is -4.75. The molecule has 4 rings (SSSR count). The molecule has 3 unspecified atom stereocenters. The molecular formula is C28H47NaO8S. The van der Waals surface area contributed by atoms with Gasteiger partial charge in [-0.15, -0.1) is 0 Å². The average molecular weight is 567 g/mol. The van der Waals surface area contributed by atoms with E-state index in [1.165, 1.54) is 0 Å². The Morgan fingerprint density at radius 2 is 1.71 bits per heavy atom. The molecule has 0 radical (unpaired) electrons. The number of fused-ring (bicyclic) bond motifs is 5. The normalized spacial score (nSPS) is 46.7. The van der Waals surface area contributed by atoms with Gasteiger partial charge < -0.3 is 25.0 Å². The Hall–Kier alpha value is 0.450. The topological polar surface area (TPSA) is 147 Å². The largest absolute Gasteiger partial charge is 1.00 e. The zero-order valence-corrected chi connectivity index (χ0v) is 26.7. The Labute approximate surface area is 250 Å². The van der Waals surface area contributed by atoms with Crippen LogP contribution in [-0.4, -0.2) is 63.9 Å². The molecule has 4 aliphatic rings. The van der Waals surface area contributed by atoms with E-state index in [0.29, 0.717) is 25.7 Å². The predicted octanol–water partition coefficient (Wildman–Crippen LogP) is 0.00800. The van der Waals surface area contributed by atoms with Crippen LogP contribution in [-0.2, 0) is 14.6 Å². The molecule has 0 bridgehead atoms. The number of hydrogen-bond acceptors (Lipinski definition) is 8. The van der Waals surface area contributed by atoms with Gasteiger partial charge in [0.2, 0.25) is 10.4 Å². The molecule has 0 heterocycles. The van der Waals surface area contributed by atoms with E-state index in [2.05, 4.69) is 31.0 Å². The van der Waals surface area contributed by atoms with Gasteiger partial charge in [0.05, 0.1) is 30.5 Å². The van der Waals surface area contributed by atoms with Gasteiger partial charge in [-0.25, -0.2) is 8.42 Å². The molecule has 4 aliphatic carbocycles. The van der Waals surface area contributed by atoms with Crippen LogP contribution in [0.3, 0.4) is 0 Å². The van der Waals surface area contributed by atoms with Gasteiger partial charge in [-0.3, -0.25) is 4.18 Å². The van der Waals surface area contributed by atoms with Crippen molar-refractivity contribution in [1.82, 2.24) is 0 Å². The van der Waals surface area contributed by atoms with Crippen molar-refractivity contribution >= 4 is 10.4 Å². The van der Waals surface area contributed by atoms with Gasteiger partial charge in [0.1, 0.15) is 0 Å². The van der Waals surface area contributed by atoms with Crippen molar-refractivity contribution in [3.05, 3.63) is 12.2 Å². The molecule has 0 aromatic heterocycles. The molecule has 4 N–H and O–H groups in total. The van der Waals surface area contributed by atoms with E-state index in [1.807, 2.05) is 19.9 Å². The molecule has 0 aliphatic heterocycles. The average Bonchev–Trinajstić information content (AvgIpc) is 3.05. The summed E-state index contributed by atoms with van der Waals surface area (Å²) in [5.41, 5.74) is -1.93. The van der Waals surface area contributed by atoms with Crippen LogP contribution < -0.4 is 29.6 Å². The Morgan fingerprint density at radius 3 is 2.32 bits per heavy atom. The number of rotatable bonds is 7. The third kappa shape index (κ3) is 5.72. The third-order valence-corrected chi connectivity index (χ3v) is 11.9. The summed E-state index contributed by atoms with van der Waals surface area (Å²) in [5.74, 6) is 0.509. The molecular weight excluding hydrogens is 519 g/mol. The predicted molar refractivity (Wildman–Crippen MR) is 138 cm³/mol. The van der Waals surface area contributed by atoms with Gasteiger partial charge in [-0.1, -0.05) is 46.8 Å². The van der Waals surface area contributed by atoms with Crippen LogP contribution in [0.2, 0.25) is 0 Å². The van der Waals surface area contributed by atoms with E-state index in [4.69, 9.17) is 0 Å². The van der Waals surface area contributed by atoms with E-state index >= 15 is 0 Å². The molecule has 8 nitrogen and oxygen atoms in total. The van der Waals surface area contributed by atoms with E-state index in [1.54, 1.807) is 0 Å². The van der Waals surface area contributed by atoms with Crippen molar-refractivity contribution in [3.8, 4) is 0 Å². The number of aliphatic hydroxyl groups excluding tert-OH is 3. The van der Waals surface area contributed by atoms with Crippen molar-refractivity contribution in [1.29, 1.82) is 0 Å². The van der Waals surface area contributed by atoms with Gasteiger partial charge in [0.25, 0.3) is 0 Å². The first-order valence-electron chi connectivity index (χ1n) is 14.1.